The highest BCUT2D eigenvalue weighted by Crippen LogP contribution is 2.43. The van der Waals surface area contributed by atoms with Crippen molar-refractivity contribution in [3.63, 3.8) is 0 Å². The number of rotatable bonds is 3. The van der Waals surface area contributed by atoms with Crippen molar-refractivity contribution in [2.45, 2.75) is 22.2 Å². The lowest BCUT2D eigenvalue weighted by atomic mass is 10.1. The molecule has 0 fully saturated rings. The van der Waals surface area contributed by atoms with Crippen molar-refractivity contribution in [3.05, 3.63) is 29.6 Å². The number of ketones is 1. The van der Waals surface area contributed by atoms with E-state index in [0.717, 1.165) is 6.07 Å². The summed E-state index contributed by atoms with van der Waals surface area (Å²) in [5, 5.41) is 0. The van der Waals surface area contributed by atoms with Crippen LogP contribution >= 0.6 is 27.7 Å². The van der Waals surface area contributed by atoms with Crippen LogP contribution in [0.25, 0.3) is 0 Å². The molecule has 0 aliphatic rings. The van der Waals surface area contributed by atoms with Crippen LogP contribution in [0.2, 0.25) is 0 Å². The van der Waals surface area contributed by atoms with Gasteiger partial charge in [-0.1, -0.05) is 28.1 Å². The Bertz CT molecular complexity index is 433. The first-order valence-corrected chi connectivity index (χ1v) is 6.14. The number of alkyl halides is 4. The van der Waals surface area contributed by atoms with Gasteiger partial charge in [0.2, 0.25) is 0 Å². The second-order valence-electron chi connectivity index (χ2n) is 3.18. The highest BCUT2D eigenvalue weighted by atomic mass is 79.9. The van der Waals surface area contributed by atoms with Gasteiger partial charge in [0, 0.05) is 0 Å². The van der Waals surface area contributed by atoms with Gasteiger partial charge in [0.25, 0.3) is 0 Å². The Morgan fingerprint density at radius 2 is 2.00 bits per heavy atom. The van der Waals surface area contributed by atoms with Gasteiger partial charge in [-0.3, -0.25) is 4.79 Å². The molecule has 7 heteroatoms. The lowest BCUT2D eigenvalue weighted by molar-refractivity contribution is -0.116. The molecule has 1 aromatic carbocycles. The lowest BCUT2D eigenvalue weighted by Gasteiger charge is -2.14. The van der Waals surface area contributed by atoms with E-state index in [0.29, 0.717) is 0 Å². The topological polar surface area (TPSA) is 17.1 Å². The minimum Gasteiger partial charge on any atom is -0.298 e. The minimum atomic E-state index is -4.60. The molecule has 1 nitrogen and oxygen atoms in total. The fourth-order valence-electron chi connectivity index (χ4n) is 1.17. The second kappa shape index (κ2) is 5.39. The fourth-order valence-corrected chi connectivity index (χ4v) is 2.40. The van der Waals surface area contributed by atoms with E-state index in [1.165, 1.54) is 19.1 Å². The molecule has 0 radical (unpaired) electrons. The molecule has 94 valence electrons. The Morgan fingerprint density at radius 3 is 2.47 bits per heavy atom. The first-order chi connectivity index (χ1) is 7.72. The van der Waals surface area contributed by atoms with Crippen molar-refractivity contribution < 1.29 is 22.4 Å². The summed E-state index contributed by atoms with van der Waals surface area (Å²) in [7, 11) is 0. The van der Waals surface area contributed by atoms with Gasteiger partial charge in [0.1, 0.15) is 11.6 Å². The molecule has 0 amide bonds. The third-order valence-electron chi connectivity index (χ3n) is 1.85. The Morgan fingerprint density at radius 1 is 1.41 bits per heavy atom. The number of hydrogen-bond donors (Lipinski definition) is 0. The lowest BCUT2D eigenvalue weighted by Crippen LogP contribution is -2.07. The highest BCUT2D eigenvalue weighted by Gasteiger charge is 2.33. The predicted molar refractivity (Wildman–Crippen MR) is 60.7 cm³/mol. The summed E-state index contributed by atoms with van der Waals surface area (Å²) in [6.07, 6.45) is 0. The monoisotopic (exact) mass is 330 g/mol. The van der Waals surface area contributed by atoms with Gasteiger partial charge in [-0.05, 0) is 30.3 Å². The summed E-state index contributed by atoms with van der Waals surface area (Å²) in [5.41, 5.74) is -4.61. The first-order valence-electron chi connectivity index (χ1n) is 4.41. The van der Waals surface area contributed by atoms with Crippen LogP contribution in [0, 0.1) is 5.82 Å². The van der Waals surface area contributed by atoms with E-state index in [4.69, 9.17) is 0 Å². The predicted octanol–water partition coefficient (Wildman–Crippen LogP) is 4.46. The van der Waals surface area contributed by atoms with Gasteiger partial charge in [-0.25, -0.2) is 4.39 Å². The van der Waals surface area contributed by atoms with E-state index in [9.17, 15) is 22.4 Å². The largest absolute Gasteiger partial charge is 0.446 e. The zero-order valence-corrected chi connectivity index (χ0v) is 10.9. The fraction of sp³-hybridized carbons (Fsp3) is 0.300. The Hall–Kier alpha value is -0.560. The molecule has 0 aliphatic heterocycles. The molecule has 0 bridgehead atoms. The summed E-state index contributed by atoms with van der Waals surface area (Å²) in [4.78, 5) is 9.60. The van der Waals surface area contributed by atoms with E-state index < -0.39 is 32.8 Å². The van der Waals surface area contributed by atoms with Crippen LogP contribution in [0.15, 0.2) is 23.1 Å². The molecular formula is C10H7BrF4OS. The number of carbonyl (C=O) groups is 1. The molecule has 0 spiro atoms. The molecule has 1 aromatic rings. The number of Topliss-reactive ketones (excluding diaryl/α,β-unsaturated/α-hetero) is 1. The molecule has 0 saturated carbocycles. The number of thioether (sulfide) groups is 1. The zero-order chi connectivity index (χ0) is 13.2. The van der Waals surface area contributed by atoms with Gasteiger partial charge in [-0.15, -0.1) is 0 Å². The van der Waals surface area contributed by atoms with Crippen LogP contribution in [0.1, 0.15) is 17.3 Å². The molecule has 1 rings (SSSR count). The van der Waals surface area contributed by atoms with Crippen molar-refractivity contribution in [1.82, 2.24) is 0 Å². The smallest absolute Gasteiger partial charge is 0.298 e. The third-order valence-corrected chi connectivity index (χ3v) is 3.85. The molecule has 0 N–H and O–H groups in total. The van der Waals surface area contributed by atoms with E-state index in [1.807, 2.05) is 0 Å². The van der Waals surface area contributed by atoms with Crippen molar-refractivity contribution in [2.24, 2.45) is 0 Å². The van der Waals surface area contributed by atoms with Gasteiger partial charge >= 0.3 is 5.51 Å². The van der Waals surface area contributed by atoms with Crippen molar-refractivity contribution in [2.75, 3.05) is 0 Å². The maximum absolute atomic E-state index is 13.4. The molecule has 0 aromatic heterocycles. The van der Waals surface area contributed by atoms with E-state index in [-0.39, 0.29) is 11.3 Å². The molecule has 0 aliphatic carbocycles. The molecular weight excluding hydrogens is 324 g/mol. The van der Waals surface area contributed by atoms with Gasteiger partial charge in [0.15, 0.2) is 0 Å². The number of carbonyl (C=O) groups excluding carboxylic acids is 1. The Balaban J connectivity index is 3.22. The summed E-state index contributed by atoms with van der Waals surface area (Å²) >= 11 is 2.39. The number of halogens is 5. The molecule has 1 atom stereocenters. The van der Waals surface area contributed by atoms with Crippen LogP contribution in [-0.4, -0.2) is 11.3 Å². The second-order valence-corrected chi connectivity index (χ2v) is 5.17. The van der Waals surface area contributed by atoms with E-state index in [1.54, 1.807) is 0 Å². The molecule has 17 heavy (non-hydrogen) atoms. The number of benzene rings is 1. The third kappa shape index (κ3) is 3.99. The first kappa shape index (κ1) is 14.5. The van der Waals surface area contributed by atoms with Crippen molar-refractivity contribution in [1.29, 1.82) is 0 Å². The SMILES string of the molecule is CC(=O)C(Br)c1cccc(F)c1SC(F)(F)F. The molecule has 0 heterocycles. The Kier molecular flexibility index (Phi) is 4.60. The van der Waals surface area contributed by atoms with Crippen LogP contribution in [-0.2, 0) is 4.79 Å². The average Bonchev–Trinajstić information content (AvgIpc) is 2.18. The standard InChI is InChI=1S/C10H7BrF4OS/c1-5(16)8(11)6-3-2-4-7(12)9(6)17-10(13,14)15/h2-4,8H,1H3. The summed E-state index contributed by atoms with van der Waals surface area (Å²) in [6.45, 7) is 1.21. The van der Waals surface area contributed by atoms with Crippen molar-refractivity contribution >= 4 is 33.5 Å². The maximum Gasteiger partial charge on any atom is 0.446 e. The molecule has 1 unspecified atom stereocenters. The highest BCUT2D eigenvalue weighted by molar-refractivity contribution is 9.09. The van der Waals surface area contributed by atoms with E-state index in [2.05, 4.69) is 15.9 Å². The van der Waals surface area contributed by atoms with Crippen LogP contribution in [0.3, 0.4) is 0 Å². The maximum atomic E-state index is 13.4. The van der Waals surface area contributed by atoms with Crippen molar-refractivity contribution in [3.8, 4) is 0 Å². The van der Waals surface area contributed by atoms with Crippen LogP contribution < -0.4 is 0 Å². The minimum absolute atomic E-state index is 0.0141. The zero-order valence-electron chi connectivity index (χ0n) is 8.52. The van der Waals surface area contributed by atoms with Gasteiger partial charge in [0.05, 0.1) is 9.72 Å². The van der Waals surface area contributed by atoms with Crippen LogP contribution in [0.5, 0.6) is 0 Å². The Labute approximate surface area is 108 Å². The summed E-state index contributed by atoms with van der Waals surface area (Å²) < 4.78 is 50.1. The summed E-state index contributed by atoms with van der Waals surface area (Å²) in [5.74, 6) is -1.38. The molecule has 0 saturated heterocycles. The normalized spacial score (nSPS) is 13.5. The summed E-state index contributed by atoms with van der Waals surface area (Å²) in [6, 6.07) is 3.48. The quantitative estimate of drug-likeness (QED) is 0.462. The van der Waals surface area contributed by atoms with Gasteiger partial charge in [-0.2, -0.15) is 13.2 Å². The number of hydrogen-bond acceptors (Lipinski definition) is 2. The average molecular weight is 331 g/mol. The van der Waals surface area contributed by atoms with E-state index >= 15 is 0 Å². The van der Waals surface area contributed by atoms with Gasteiger partial charge < -0.3 is 0 Å². The van der Waals surface area contributed by atoms with Crippen LogP contribution in [0.4, 0.5) is 17.6 Å².